The minimum Gasteiger partial charge on any atom is -0.444 e. The topological polar surface area (TPSA) is 76.1 Å². The fraction of sp³-hybridized carbons (Fsp3) is 0.471. The van der Waals surface area contributed by atoms with E-state index in [9.17, 15) is 4.79 Å². The molecule has 1 aliphatic carbocycles. The summed E-state index contributed by atoms with van der Waals surface area (Å²) < 4.78 is 5.26. The number of fused-ring (bicyclic) bond motifs is 1. The Balaban J connectivity index is 1.49. The van der Waals surface area contributed by atoms with Crippen LogP contribution in [-0.4, -0.2) is 33.7 Å². The highest BCUT2D eigenvalue weighted by Gasteiger charge is 2.31. The van der Waals surface area contributed by atoms with Crippen molar-refractivity contribution in [1.82, 2.24) is 15.3 Å². The third kappa shape index (κ3) is 4.09. The highest BCUT2D eigenvalue weighted by molar-refractivity contribution is 5.78. The van der Waals surface area contributed by atoms with Gasteiger partial charge in [0, 0.05) is 30.2 Å². The first-order valence-electron chi connectivity index (χ1n) is 7.86. The molecule has 1 aliphatic rings. The first-order chi connectivity index (χ1) is 10.9. The molecule has 2 N–H and O–H groups in total. The van der Waals surface area contributed by atoms with Crippen LogP contribution < -0.4 is 10.6 Å². The van der Waals surface area contributed by atoms with Gasteiger partial charge >= 0.3 is 6.09 Å². The van der Waals surface area contributed by atoms with Crippen molar-refractivity contribution >= 4 is 22.8 Å². The number of hydrogen-bond donors (Lipinski definition) is 2. The molecule has 1 saturated carbocycles. The SMILES string of the molecule is CC(C)(C)OC(=O)NC1CC(Nc2ccc3nccnc3c2)C1. The largest absolute Gasteiger partial charge is 0.444 e. The molecular weight excluding hydrogens is 292 g/mol. The van der Waals surface area contributed by atoms with Crippen LogP contribution in [0.5, 0.6) is 0 Å². The van der Waals surface area contributed by atoms with Gasteiger partial charge in [-0.05, 0) is 51.8 Å². The Kier molecular flexibility index (Phi) is 4.07. The predicted molar refractivity (Wildman–Crippen MR) is 89.3 cm³/mol. The van der Waals surface area contributed by atoms with Crippen molar-refractivity contribution in [1.29, 1.82) is 0 Å². The zero-order valence-electron chi connectivity index (χ0n) is 13.7. The number of ether oxygens (including phenoxy) is 1. The van der Waals surface area contributed by atoms with E-state index >= 15 is 0 Å². The molecule has 23 heavy (non-hydrogen) atoms. The Bertz CT molecular complexity index is 705. The second kappa shape index (κ2) is 6.02. The minimum atomic E-state index is -0.461. The molecule has 1 heterocycles. The molecule has 0 bridgehead atoms. The van der Waals surface area contributed by atoms with Crippen LogP contribution in [0, 0.1) is 0 Å². The normalized spacial score (nSPS) is 20.7. The molecule has 122 valence electrons. The highest BCUT2D eigenvalue weighted by Crippen LogP contribution is 2.25. The quantitative estimate of drug-likeness (QED) is 0.910. The van der Waals surface area contributed by atoms with Gasteiger partial charge in [0.2, 0.25) is 0 Å². The number of carbonyl (C=O) groups excluding carboxylic acids is 1. The lowest BCUT2D eigenvalue weighted by molar-refractivity contribution is 0.0475. The van der Waals surface area contributed by atoms with Gasteiger partial charge < -0.3 is 15.4 Å². The summed E-state index contributed by atoms with van der Waals surface area (Å²) in [4.78, 5) is 20.3. The molecule has 0 atom stereocenters. The fourth-order valence-corrected chi connectivity index (χ4v) is 2.62. The van der Waals surface area contributed by atoms with E-state index in [1.807, 2.05) is 39.0 Å². The molecule has 1 aromatic heterocycles. The zero-order valence-corrected chi connectivity index (χ0v) is 13.7. The molecule has 2 aromatic rings. The molecule has 6 nitrogen and oxygen atoms in total. The second-order valence-corrected chi connectivity index (χ2v) is 6.92. The van der Waals surface area contributed by atoms with Crippen molar-refractivity contribution in [2.75, 3.05) is 5.32 Å². The molecule has 6 heteroatoms. The van der Waals surface area contributed by atoms with E-state index in [4.69, 9.17) is 4.74 Å². The minimum absolute atomic E-state index is 0.169. The monoisotopic (exact) mass is 314 g/mol. The smallest absolute Gasteiger partial charge is 0.407 e. The van der Waals surface area contributed by atoms with Crippen LogP contribution in [0.3, 0.4) is 0 Å². The van der Waals surface area contributed by atoms with Crippen molar-refractivity contribution < 1.29 is 9.53 Å². The molecular formula is C17H22N4O2. The van der Waals surface area contributed by atoms with E-state index in [-0.39, 0.29) is 12.1 Å². The maximum Gasteiger partial charge on any atom is 0.407 e. The first kappa shape index (κ1) is 15.5. The van der Waals surface area contributed by atoms with Gasteiger partial charge in [0.15, 0.2) is 0 Å². The lowest BCUT2D eigenvalue weighted by Crippen LogP contribution is -2.50. The van der Waals surface area contributed by atoms with Gasteiger partial charge in [-0.1, -0.05) is 0 Å². The summed E-state index contributed by atoms with van der Waals surface area (Å²) in [5.41, 5.74) is 2.33. The number of aromatic nitrogens is 2. The number of amides is 1. The predicted octanol–water partition coefficient (Wildman–Crippen LogP) is 3.10. The highest BCUT2D eigenvalue weighted by atomic mass is 16.6. The fourth-order valence-electron chi connectivity index (χ4n) is 2.62. The van der Waals surface area contributed by atoms with Gasteiger partial charge in [-0.15, -0.1) is 0 Å². The number of nitrogens with zero attached hydrogens (tertiary/aromatic N) is 2. The summed E-state index contributed by atoms with van der Waals surface area (Å²) in [5.74, 6) is 0. The number of alkyl carbamates (subject to hydrolysis) is 1. The number of carbonyl (C=O) groups is 1. The first-order valence-corrected chi connectivity index (χ1v) is 7.86. The van der Waals surface area contributed by atoms with Crippen LogP contribution in [0.25, 0.3) is 11.0 Å². The van der Waals surface area contributed by atoms with Crippen LogP contribution in [0.1, 0.15) is 33.6 Å². The molecule has 0 unspecified atom stereocenters. The summed E-state index contributed by atoms with van der Waals surface area (Å²) in [5, 5.41) is 6.36. The van der Waals surface area contributed by atoms with Crippen LogP contribution in [0.2, 0.25) is 0 Å². The zero-order chi connectivity index (χ0) is 16.4. The van der Waals surface area contributed by atoms with Crippen LogP contribution in [-0.2, 0) is 4.74 Å². The van der Waals surface area contributed by atoms with Crippen molar-refractivity contribution in [3.63, 3.8) is 0 Å². The molecule has 0 aliphatic heterocycles. The van der Waals surface area contributed by atoms with Crippen molar-refractivity contribution in [2.24, 2.45) is 0 Å². The number of nitrogens with one attached hydrogen (secondary N) is 2. The van der Waals surface area contributed by atoms with E-state index in [0.717, 1.165) is 29.6 Å². The summed E-state index contributed by atoms with van der Waals surface area (Å²) in [6.07, 6.45) is 4.81. The van der Waals surface area contributed by atoms with Crippen LogP contribution in [0.15, 0.2) is 30.6 Å². The average Bonchev–Trinajstić information content (AvgIpc) is 2.43. The standard InChI is InChI=1S/C17H22N4O2/c1-17(2,3)23-16(22)21-13-8-12(9-13)20-11-4-5-14-15(10-11)19-7-6-18-14/h4-7,10,12-13,20H,8-9H2,1-3H3,(H,21,22). The van der Waals surface area contributed by atoms with Gasteiger partial charge in [0.25, 0.3) is 0 Å². The number of hydrogen-bond acceptors (Lipinski definition) is 5. The lowest BCUT2D eigenvalue weighted by atomic mass is 9.86. The summed E-state index contributed by atoms with van der Waals surface area (Å²) in [7, 11) is 0. The number of rotatable bonds is 3. The van der Waals surface area contributed by atoms with Crippen LogP contribution >= 0.6 is 0 Å². The molecule has 0 saturated heterocycles. The van der Waals surface area contributed by atoms with E-state index in [0.29, 0.717) is 6.04 Å². The molecule has 0 radical (unpaired) electrons. The van der Waals surface area contributed by atoms with Gasteiger partial charge in [0.1, 0.15) is 5.60 Å². The maximum absolute atomic E-state index is 11.7. The maximum atomic E-state index is 11.7. The molecule has 1 amide bonds. The van der Waals surface area contributed by atoms with Gasteiger partial charge in [-0.2, -0.15) is 0 Å². The molecule has 1 aromatic carbocycles. The number of benzene rings is 1. The van der Waals surface area contributed by atoms with E-state index in [1.165, 1.54) is 0 Å². The van der Waals surface area contributed by atoms with E-state index < -0.39 is 5.60 Å². The molecule has 1 fully saturated rings. The van der Waals surface area contributed by atoms with Gasteiger partial charge in [0.05, 0.1) is 11.0 Å². The summed E-state index contributed by atoms with van der Waals surface area (Å²) in [6.45, 7) is 5.58. The van der Waals surface area contributed by atoms with Gasteiger partial charge in [-0.3, -0.25) is 9.97 Å². The Labute approximate surface area is 135 Å². The van der Waals surface area contributed by atoms with Crippen molar-refractivity contribution in [2.45, 2.75) is 51.3 Å². The third-order valence-corrected chi connectivity index (χ3v) is 3.70. The third-order valence-electron chi connectivity index (χ3n) is 3.70. The Hall–Kier alpha value is -2.37. The molecule has 0 spiro atoms. The second-order valence-electron chi connectivity index (χ2n) is 6.92. The summed E-state index contributed by atoms with van der Waals surface area (Å²) >= 11 is 0. The number of anilines is 1. The Morgan fingerprint density at radius 1 is 1.13 bits per heavy atom. The average molecular weight is 314 g/mol. The molecule has 3 rings (SSSR count). The van der Waals surface area contributed by atoms with E-state index in [2.05, 4.69) is 20.6 Å². The summed E-state index contributed by atoms with van der Waals surface area (Å²) in [6, 6.07) is 6.48. The Morgan fingerprint density at radius 2 is 1.83 bits per heavy atom. The van der Waals surface area contributed by atoms with Crippen LogP contribution in [0.4, 0.5) is 10.5 Å². The lowest BCUT2D eigenvalue weighted by Gasteiger charge is -2.37. The van der Waals surface area contributed by atoms with Crippen molar-refractivity contribution in [3.8, 4) is 0 Å². The Morgan fingerprint density at radius 3 is 2.52 bits per heavy atom. The van der Waals surface area contributed by atoms with Gasteiger partial charge in [-0.25, -0.2) is 4.79 Å². The van der Waals surface area contributed by atoms with Crippen molar-refractivity contribution in [3.05, 3.63) is 30.6 Å². The van der Waals surface area contributed by atoms with E-state index in [1.54, 1.807) is 12.4 Å².